The Labute approximate surface area is 181 Å². The zero-order valence-corrected chi connectivity index (χ0v) is 18.3. The van der Waals surface area contributed by atoms with E-state index in [1.54, 1.807) is 11.5 Å². The average molecular weight is 447 g/mol. The standard InChI is InChI=1S/C21H23ClN4O3S/c1-3-11-23-30(28,29)25-21(27)19-14-26(15(2)24-19)20-10-9-17(13-18(20)22)12-16-7-5-4-6-8-16/h4-10,13-14,23H,3,11-12H2,1-2H3,(H,25,27). The van der Waals surface area contributed by atoms with Gasteiger partial charge in [0.05, 0.1) is 10.7 Å². The summed E-state index contributed by atoms with van der Waals surface area (Å²) in [6, 6.07) is 15.8. The molecular formula is C21H23ClN4O3S. The van der Waals surface area contributed by atoms with Gasteiger partial charge in [0, 0.05) is 12.7 Å². The van der Waals surface area contributed by atoms with Crippen LogP contribution in [0.3, 0.4) is 0 Å². The fourth-order valence-corrected chi connectivity index (χ4v) is 4.15. The third-order valence-corrected chi connectivity index (χ3v) is 5.75. The summed E-state index contributed by atoms with van der Waals surface area (Å²) in [5.74, 6) is -0.297. The number of hydrogen-bond donors (Lipinski definition) is 2. The van der Waals surface area contributed by atoms with Crippen LogP contribution in [-0.2, 0) is 16.6 Å². The number of nitrogens with one attached hydrogen (secondary N) is 2. The normalized spacial score (nSPS) is 11.4. The summed E-state index contributed by atoms with van der Waals surface area (Å²) in [4.78, 5) is 16.5. The quantitative estimate of drug-likeness (QED) is 0.554. The predicted octanol–water partition coefficient (Wildman–Crippen LogP) is 3.40. The van der Waals surface area contributed by atoms with Crippen LogP contribution in [0.15, 0.2) is 54.7 Å². The SMILES string of the molecule is CCCNS(=O)(=O)NC(=O)c1cn(-c2ccc(Cc3ccccc3)cc2Cl)c(C)n1. The molecule has 1 aromatic heterocycles. The number of rotatable bonds is 8. The van der Waals surface area contributed by atoms with Crippen LogP contribution >= 0.6 is 11.6 Å². The Hall–Kier alpha value is -2.68. The second-order valence-corrected chi connectivity index (χ2v) is 8.73. The number of carbonyl (C=O) groups excluding carboxylic acids is 1. The molecule has 0 fully saturated rings. The second kappa shape index (κ2) is 9.42. The first-order valence-corrected chi connectivity index (χ1v) is 11.4. The number of nitrogens with zero attached hydrogens (tertiary/aromatic N) is 2. The lowest BCUT2D eigenvalue weighted by molar-refractivity contribution is 0.0976. The zero-order valence-electron chi connectivity index (χ0n) is 16.7. The van der Waals surface area contributed by atoms with Crippen molar-refractivity contribution in [2.24, 2.45) is 0 Å². The number of benzene rings is 2. The number of halogens is 1. The van der Waals surface area contributed by atoms with Crippen LogP contribution in [-0.4, -0.2) is 30.4 Å². The van der Waals surface area contributed by atoms with Crippen LogP contribution in [0.2, 0.25) is 5.02 Å². The predicted molar refractivity (Wildman–Crippen MR) is 117 cm³/mol. The van der Waals surface area contributed by atoms with Crippen molar-refractivity contribution in [1.82, 2.24) is 19.0 Å². The molecule has 7 nitrogen and oxygen atoms in total. The van der Waals surface area contributed by atoms with E-state index in [0.29, 0.717) is 23.0 Å². The summed E-state index contributed by atoms with van der Waals surface area (Å²) in [7, 11) is -3.93. The topological polar surface area (TPSA) is 93.1 Å². The van der Waals surface area contributed by atoms with Crippen LogP contribution in [0, 0.1) is 6.92 Å². The lowest BCUT2D eigenvalue weighted by Crippen LogP contribution is -2.40. The van der Waals surface area contributed by atoms with E-state index < -0.39 is 16.1 Å². The highest BCUT2D eigenvalue weighted by Gasteiger charge is 2.19. The lowest BCUT2D eigenvalue weighted by atomic mass is 10.0. The maximum Gasteiger partial charge on any atom is 0.301 e. The highest BCUT2D eigenvalue weighted by atomic mass is 35.5. The number of hydrogen-bond acceptors (Lipinski definition) is 4. The summed E-state index contributed by atoms with van der Waals surface area (Å²) >= 11 is 6.50. The molecule has 0 bridgehead atoms. The molecular weight excluding hydrogens is 424 g/mol. The number of aromatic nitrogens is 2. The third kappa shape index (κ3) is 5.47. The fraction of sp³-hybridized carbons (Fsp3) is 0.238. The van der Waals surface area contributed by atoms with E-state index in [1.807, 2.05) is 48.0 Å². The minimum Gasteiger partial charge on any atom is -0.302 e. The Balaban J connectivity index is 1.80. The molecule has 0 unspecified atom stereocenters. The third-order valence-electron chi connectivity index (χ3n) is 4.41. The van der Waals surface area contributed by atoms with E-state index in [9.17, 15) is 13.2 Å². The highest BCUT2D eigenvalue weighted by molar-refractivity contribution is 7.88. The molecule has 0 aliphatic rings. The number of amides is 1. The molecule has 0 spiro atoms. The van der Waals surface area contributed by atoms with Crippen molar-refractivity contribution < 1.29 is 13.2 Å². The largest absolute Gasteiger partial charge is 0.302 e. The smallest absolute Gasteiger partial charge is 0.301 e. The first-order chi connectivity index (χ1) is 14.3. The summed E-state index contributed by atoms with van der Waals surface area (Å²) in [6.45, 7) is 3.78. The Kier molecular flexibility index (Phi) is 6.91. The molecule has 9 heteroatoms. The summed E-state index contributed by atoms with van der Waals surface area (Å²) in [5, 5.41) is 0.508. The van der Waals surface area contributed by atoms with Gasteiger partial charge in [-0.1, -0.05) is 54.9 Å². The van der Waals surface area contributed by atoms with Crippen LogP contribution in [0.1, 0.15) is 40.8 Å². The van der Waals surface area contributed by atoms with Crippen LogP contribution in [0.4, 0.5) is 0 Å². The van der Waals surface area contributed by atoms with Gasteiger partial charge in [-0.3, -0.25) is 4.79 Å². The molecule has 2 N–H and O–H groups in total. The van der Waals surface area contributed by atoms with Gasteiger partial charge in [0.15, 0.2) is 0 Å². The van der Waals surface area contributed by atoms with Gasteiger partial charge in [0.25, 0.3) is 5.91 Å². The molecule has 0 saturated heterocycles. The van der Waals surface area contributed by atoms with Gasteiger partial charge >= 0.3 is 10.2 Å². The Morgan fingerprint density at radius 3 is 2.53 bits per heavy atom. The summed E-state index contributed by atoms with van der Waals surface area (Å²) in [5.41, 5.74) is 2.87. The van der Waals surface area contributed by atoms with Crippen molar-refractivity contribution in [2.45, 2.75) is 26.7 Å². The van der Waals surface area contributed by atoms with E-state index >= 15 is 0 Å². The minimum atomic E-state index is -3.93. The van der Waals surface area contributed by atoms with Gasteiger partial charge < -0.3 is 4.57 Å². The Morgan fingerprint density at radius 2 is 1.87 bits per heavy atom. The minimum absolute atomic E-state index is 0.0150. The van der Waals surface area contributed by atoms with E-state index in [-0.39, 0.29) is 12.2 Å². The number of carbonyl (C=O) groups is 1. The maximum absolute atomic E-state index is 12.3. The number of imidazole rings is 1. The molecule has 158 valence electrons. The van der Waals surface area contributed by atoms with Crippen molar-refractivity contribution in [3.05, 3.63) is 82.4 Å². The molecule has 0 atom stereocenters. The lowest BCUT2D eigenvalue weighted by Gasteiger charge is -2.10. The molecule has 1 amide bonds. The molecule has 0 saturated carbocycles. The first-order valence-electron chi connectivity index (χ1n) is 9.49. The fourth-order valence-electron chi connectivity index (χ4n) is 2.96. The molecule has 1 heterocycles. The van der Waals surface area contributed by atoms with Crippen molar-refractivity contribution in [3.8, 4) is 5.69 Å². The molecule has 0 radical (unpaired) electrons. The van der Waals surface area contributed by atoms with Gasteiger partial charge in [-0.25, -0.2) is 9.71 Å². The van der Waals surface area contributed by atoms with Gasteiger partial charge in [0.1, 0.15) is 11.5 Å². The van der Waals surface area contributed by atoms with Gasteiger partial charge in [-0.15, -0.1) is 0 Å². The van der Waals surface area contributed by atoms with Crippen molar-refractivity contribution in [1.29, 1.82) is 0 Å². The van der Waals surface area contributed by atoms with E-state index in [0.717, 1.165) is 12.0 Å². The van der Waals surface area contributed by atoms with Gasteiger partial charge in [-0.2, -0.15) is 13.1 Å². The Morgan fingerprint density at radius 1 is 1.13 bits per heavy atom. The van der Waals surface area contributed by atoms with E-state index in [2.05, 4.69) is 21.8 Å². The van der Waals surface area contributed by atoms with Crippen molar-refractivity contribution in [2.75, 3.05) is 6.54 Å². The van der Waals surface area contributed by atoms with Crippen molar-refractivity contribution in [3.63, 3.8) is 0 Å². The first kappa shape index (κ1) is 22.0. The van der Waals surface area contributed by atoms with Crippen molar-refractivity contribution >= 4 is 27.7 Å². The molecule has 0 aliphatic carbocycles. The molecule has 3 aromatic rings. The molecule has 0 aliphatic heterocycles. The van der Waals surface area contributed by atoms with Crippen LogP contribution in [0.5, 0.6) is 0 Å². The summed E-state index contributed by atoms with van der Waals surface area (Å²) < 4.78 is 29.7. The van der Waals surface area contributed by atoms with E-state index in [4.69, 9.17) is 11.6 Å². The monoisotopic (exact) mass is 446 g/mol. The summed E-state index contributed by atoms with van der Waals surface area (Å²) in [6.07, 6.45) is 2.83. The highest BCUT2D eigenvalue weighted by Crippen LogP contribution is 2.25. The molecule has 30 heavy (non-hydrogen) atoms. The second-order valence-electron chi connectivity index (χ2n) is 6.82. The van der Waals surface area contributed by atoms with Gasteiger partial charge in [-0.05, 0) is 43.0 Å². The Bertz CT molecular complexity index is 1140. The maximum atomic E-state index is 12.3. The molecule has 2 aromatic carbocycles. The van der Waals surface area contributed by atoms with E-state index in [1.165, 1.54) is 11.8 Å². The van der Waals surface area contributed by atoms with Gasteiger partial charge in [0.2, 0.25) is 0 Å². The average Bonchev–Trinajstić information content (AvgIpc) is 3.09. The molecule has 3 rings (SSSR count). The number of aryl methyl sites for hydroxylation is 1. The van der Waals surface area contributed by atoms with Crippen LogP contribution < -0.4 is 9.44 Å². The zero-order chi connectivity index (χ0) is 21.7. The van der Waals surface area contributed by atoms with Crippen LogP contribution in [0.25, 0.3) is 5.69 Å².